The minimum Gasteiger partial charge on any atom is -0.393 e. The van der Waals surface area contributed by atoms with E-state index in [1.807, 2.05) is 0 Å². The lowest BCUT2D eigenvalue weighted by atomic mass is 10.5. The Morgan fingerprint density at radius 3 is 2.15 bits per heavy atom. The number of rotatable bonds is 7. The second-order valence-electron chi connectivity index (χ2n) is 2.39. The number of thiocarbonyl (C=S) groups is 1. The van der Waals surface area contributed by atoms with E-state index in [0.29, 0.717) is 24.6 Å². The molecular weight excluding hydrogens is 209 g/mol. The van der Waals surface area contributed by atoms with Crippen molar-refractivity contribution < 1.29 is 13.6 Å². The topological polar surface area (TPSA) is 61.5 Å². The van der Waals surface area contributed by atoms with Crippen molar-refractivity contribution >= 4 is 24.8 Å². The summed E-state index contributed by atoms with van der Waals surface area (Å²) in [6.07, 6.45) is 0.663. The van der Waals surface area contributed by atoms with Crippen LogP contribution in [0.3, 0.4) is 0 Å². The predicted octanol–water partition coefficient (Wildman–Crippen LogP) is 1.93. The first kappa shape index (κ1) is 13.0. The molecule has 4 nitrogen and oxygen atoms in total. The Morgan fingerprint density at radius 2 is 1.85 bits per heavy atom. The fraction of sp³-hybridized carbons (Fsp3) is 0.857. The Labute approximate surface area is 84.3 Å². The van der Waals surface area contributed by atoms with Crippen LogP contribution in [0.2, 0.25) is 0 Å². The molecule has 78 valence electrons. The van der Waals surface area contributed by atoms with Crippen molar-refractivity contribution in [3.8, 4) is 0 Å². The third-order valence-corrected chi connectivity index (χ3v) is 3.56. The minimum absolute atomic E-state index is 0.268. The van der Waals surface area contributed by atoms with Gasteiger partial charge in [0.05, 0.1) is 24.4 Å². The van der Waals surface area contributed by atoms with Crippen LogP contribution in [0.5, 0.6) is 0 Å². The van der Waals surface area contributed by atoms with E-state index in [4.69, 9.17) is 14.8 Å². The molecule has 0 aliphatic rings. The average molecular weight is 225 g/mol. The zero-order valence-corrected chi connectivity index (χ0v) is 9.70. The summed E-state index contributed by atoms with van der Waals surface area (Å²) in [4.78, 5) is 0.333. The SMILES string of the molecule is CCOP(=O)(CCC(N)=S)OCC. The second kappa shape index (κ2) is 6.49. The fourth-order valence-corrected chi connectivity index (χ4v) is 2.69. The molecule has 0 spiro atoms. The van der Waals surface area contributed by atoms with Gasteiger partial charge in [0.25, 0.3) is 0 Å². The van der Waals surface area contributed by atoms with E-state index in [0.717, 1.165) is 0 Å². The molecule has 2 N–H and O–H groups in total. The van der Waals surface area contributed by atoms with Gasteiger partial charge in [-0.15, -0.1) is 0 Å². The molecule has 0 aliphatic heterocycles. The van der Waals surface area contributed by atoms with Crippen LogP contribution in [-0.4, -0.2) is 24.4 Å². The van der Waals surface area contributed by atoms with Gasteiger partial charge in [0.1, 0.15) is 0 Å². The van der Waals surface area contributed by atoms with Crippen LogP contribution >= 0.6 is 19.8 Å². The van der Waals surface area contributed by atoms with Gasteiger partial charge in [-0.2, -0.15) is 0 Å². The molecule has 6 heteroatoms. The number of hydrogen-bond donors (Lipinski definition) is 1. The lowest BCUT2D eigenvalue weighted by Crippen LogP contribution is -2.11. The quantitative estimate of drug-likeness (QED) is 0.530. The Bertz CT molecular complexity index is 200. The molecule has 0 saturated heterocycles. The molecule has 0 saturated carbocycles. The molecule has 0 aromatic heterocycles. The van der Waals surface area contributed by atoms with Crippen molar-refractivity contribution in [1.29, 1.82) is 0 Å². The molecule has 0 aromatic rings. The molecule has 0 aromatic carbocycles. The first-order valence-corrected chi connectivity index (χ1v) is 6.34. The fourth-order valence-electron chi connectivity index (χ4n) is 0.807. The van der Waals surface area contributed by atoms with E-state index in [1.165, 1.54) is 0 Å². The van der Waals surface area contributed by atoms with Gasteiger partial charge in [-0.1, -0.05) is 12.2 Å². The van der Waals surface area contributed by atoms with Crippen LogP contribution in [0.4, 0.5) is 0 Å². The van der Waals surface area contributed by atoms with E-state index in [2.05, 4.69) is 12.2 Å². The molecule has 0 rings (SSSR count). The molecule has 0 fully saturated rings. The predicted molar refractivity (Wildman–Crippen MR) is 57.1 cm³/mol. The molecule has 13 heavy (non-hydrogen) atoms. The second-order valence-corrected chi connectivity index (χ2v) is 5.10. The van der Waals surface area contributed by atoms with Gasteiger partial charge in [0.2, 0.25) is 0 Å². The summed E-state index contributed by atoms with van der Waals surface area (Å²) >= 11 is 4.68. The molecule has 0 bridgehead atoms. The molecule has 0 heterocycles. The summed E-state index contributed by atoms with van der Waals surface area (Å²) < 4.78 is 21.8. The molecule has 0 unspecified atom stereocenters. The molecule has 0 aliphatic carbocycles. The summed E-state index contributed by atoms with van der Waals surface area (Å²) in [6.45, 7) is 4.28. The van der Waals surface area contributed by atoms with E-state index < -0.39 is 7.60 Å². The van der Waals surface area contributed by atoms with Crippen LogP contribution < -0.4 is 5.73 Å². The molecule has 0 radical (unpaired) electrons. The minimum atomic E-state index is -2.94. The Kier molecular flexibility index (Phi) is 6.51. The van der Waals surface area contributed by atoms with Crippen molar-refractivity contribution in [2.75, 3.05) is 19.4 Å². The average Bonchev–Trinajstić information content (AvgIpc) is 2.02. The van der Waals surface area contributed by atoms with Gasteiger partial charge in [-0.3, -0.25) is 4.57 Å². The van der Waals surface area contributed by atoms with Gasteiger partial charge in [-0.25, -0.2) is 0 Å². The maximum absolute atomic E-state index is 11.8. The van der Waals surface area contributed by atoms with Crippen LogP contribution in [0.25, 0.3) is 0 Å². The highest BCUT2D eigenvalue weighted by atomic mass is 32.1. The maximum Gasteiger partial charge on any atom is 0.331 e. The summed E-state index contributed by atoms with van der Waals surface area (Å²) in [5, 5.41) is 0. The normalized spacial score (nSPS) is 11.5. The molecular formula is C7H16NO3PS. The van der Waals surface area contributed by atoms with Crippen molar-refractivity contribution in [2.24, 2.45) is 5.73 Å². The zero-order valence-electron chi connectivity index (χ0n) is 7.99. The molecule has 0 atom stereocenters. The lowest BCUT2D eigenvalue weighted by molar-refractivity contribution is 0.220. The Morgan fingerprint density at radius 1 is 1.38 bits per heavy atom. The number of nitrogens with two attached hydrogens (primary N) is 1. The summed E-state index contributed by atoms with van der Waals surface area (Å²) in [5.41, 5.74) is 5.29. The van der Waals surface area contributed by atoms with E-state index in [9.17, 15) is 4.57 Å². The lowest BCUT2D eigenvalue weighted by Gasteiger charge is -2.16. The van der Waals surface area contributed by atoms with Gasteiger partial charge < -0.3 is 14.8 Å². The highest BCUT2D eigenvalue weighted by Gasteiger charge is 2.22. The van der Waals surface area contributed by atoms with Crippen molar-refractivity contribution in [3.05, 3.63) is 0 Å². The third-order valence-electron chi connectivity index (χ3n) is 1.28. The zero-order chi connectivity index (χ0) is 10.3. The smallest absolute Gasteiger partial charge is 0.331 e. The Hall–Kier alpha value is 0.0400. The first-order valence-electron chi connectivity index (χ1n) is 4.20. The van der Waals surface area contributed by atoms with Crippen molar-refractivity contribution in [2.45, 2.75) is 20.3 Å². The van der Waals surface area contributed by atoms with E-state index in [1.54, 1.807) is 13.8 Å². The highest BCUT2D eigenvalue weighted by Crippen LogP contribution is 2.48. The van der Waals surface area contributed by atoms with E-state index >= 15 is 0 Å². The third kappa shape index (κ3) is 6.16. The Balaban J connectivity index is 4.07. The van der Waals surface area contributed by atoms with Gasteiger partial charge in [0.15, 0.2) is 0 Å². The number of hydrogen-bond acceptors (Lipinski definition) is 4. The highest BCUT2D eigenvalue weighted by molar-refractivity contribution is 7.80. The van der Waals surface area contributed by atoms with E-state index in [-0.39, 0.29) is 6.16 Å². The monoisotopic (exact) mass is 225 g/mol. The molecule has 0 amide bonds. The van der Waals surface area contributed by atoms with Gasteiger partial charge in [-0.05, 0) is 13.8 Å². The largest absolute Gasteiger partial charge is 0.393 e. The summed E-state index contributed by atoms with van der Waals surface area (Å²) in [7, 11) is -2.94. The van der Waals surface area contributed by atoms with Crippen LogP contribution in [-0.2, 0) is 13.6 Å². The first-order chi connectivity index (χ1) is 6.04. The maximum atomic E-state index is 11.8. The van der Waals surface area contributed by atoms with Crippen molar-refractivity contribution in [3.63, 3.8) is 0 Å². The summed E-state index contributed by atoms with van der Waals surface area (Å²) in [6, 6.07) is 0. The van der Waals surface area contributed by atoms with Crippen molar-refractivity contribution in [1.82, 2.24) is 0 Å². The van der Waals surface area contributed by atoms with Crippen LogP contribution in [0.15, 0.2) is 0 Å². The van der Waals surface area contributed by atoms with Crippen LogP contribution in [0.1, 0.15) is 20.3 Å². The van der Waals surface area contributed by atoms with Crippen LogP contribution in [0, 0.1) is 0 Å². The van der Waals surface area contributed by atoms with Gasteiger partial charge in [0, 0.05) is 6.42 Å². The summed E-state index contributed by atoms with van der Waals surface area (Å²) in [5.74, 6) is 0. The standard InChI is InChI=1S/C7H16NO3PS/c1-3-10-12(9,11-4-2)6-5-7(8)13/h3-6H2,1-2H3,(H2,8,13). The van der Waals surface area contributed by atoms with Gasteiger partial charge >= 0.3 is 7.60 Å².